The topological polar surface area (TPSA) is 50.4 Å². The zero-order valence-electron chi connectivity index (χ0n) is 11.0. The number of nitrogens with zero attached hydrogens (tertiary/aromatic N) is 1. The number of rotatable bonds is 4. The van der Waals surface area contributed by atoms with E-state index >= 15 is 0 Å². The number of nitrogens with one attached hydrogen (secondary N) is 1. The first-order valence-corrected chi connectivity index (χ1v) is 6.27. The largest absolute Gasteiger partial charge is 0.370 e. The van der Waals surface area contributed by atoms with Gasteiger partial charge in [-0.15, -0.1) is 24.0 Å². The van der Waals surface area contributed by atoms with Crippen molar-refractivity contribution in [1.82, 2.24) is 5.32 Å². The van der Waals surface area contributed by atoms with Crippen molar-refractivity contribution in [1.29, 1.82) is 0 Å². The van der Waals surface area contributed by atoms with Crippen LogP contribution in [0.4, 0.5) is 0 Å². The third-order valence-electron chi connectivity index (χ3n) is 3.35. The maximum absolute atomic E-state index is 5.78. The lowest BCUT2D eigenvalue weighted by Gasteiger charge is -2.28. The van der Waals surface area contributed by atoms with Gasteiger partial charge in [0.25, 0.3) is 0 Å². The Morgan fingerprint density at radius 1 is 1.41 bits per heavy atom. The van der Waals surface area contributed by atoms with Gasteiger partial charge < -0.3 is 11.1 Å². The second-order valence-electron chi connectivity index (χ2n) is 5.06. The molecule has 1 aliphatic carbocycles. The SMILES string of the molecule is C=C(C)CN=C(N)NCC1CCCCC1C.I. The molecule has 1 rings (SSSR count). The number of hydrogen-bond acceptors (Lipinski definition) is 1. The minimum absolute atomic E-state index is 0. The maximum atomic E-state index is 5.78. The fourth-order valence-electron chi connectivity index (χ4n) is 2.21. The van der Waals surface area contributed by atoms with Gasteiger partial charge in [0.15, 0.2) is 5.96 Å². The molecule has 2 atom stereocenters. The summed E-state index contributed by atoms with van der Waals surface area (Å²) in [5, 5.41) is 3.22. The number of aliphatic imine (C=N–C) groups is 1. The van der Waals surface area contributed by atoms with E-state index in [-0.39, 0.29) is 24.0 Å². The Balaban J connectivity index is 0.00000256. The van der Waals surface area contributed by atoms with E-state index in [1.165, 1.54) is 25.7 Å². The van der Waals surface area contributed by atoms with E-state index in [9.17, 15) is 0 Å². The van der Waals surface area contributed by atoms with Crippen LogP contribution in [0.1, 0.15) is 39.5 Å². The molecule has 0 bridgehead atoms. The van der Waals surface area contributed by atoms with E-state index in [1.54, 1.807) is 0 Å². The molecule has 0 aromatic carbocycles. The highest BCUT2D eigenvalue weighted by atomic mass is 127. The lowest BCUT2D eigenvalue weighted by atomic mass is 9.80. The van der Waals surface area contributed by atoms with Crippen molar-refractivity contribution in [2.75, 3.05) is 13.1 Å². The van der Waals surface area contributed by atoms with E-state index in [0.717, 1.165) is 24.0 Å². The van der Waals surface area contributed by atoms with Crippen LogP contribution in [0.3, 0.4) is 0 Å². The summed E-state index contributed by atoms with van der Waals surface area (Å²) in [6, 6.07) is 0. The molecule has 0 aromatic rings. The molecule has 0 radical (unpaired) electrons. The molecule has 0 amide bonds. The number of nitrogens with two attached hydrogens (primary N) is 1. The van der Waals surface area contributed by atoms with E-state index in [1.807, 2.05) is 6.92 Å². The predicted molar refractivity (Wildman–Crippen MR) is 85.8 cm³/mol. The Hall–Kier alpha value is -0.260. The summed E-state index contributed by atoms with van der Waals surface area (Å²) < 4.78 is 0. The lowest BCUT2D eigenvalue weighted by Crippen LogP contribution is -2.38. The minimum Gasteiger partial charge on any atom is -0.370 e. The van der Waals surface area contributed by atoms with Crippen LogP contribution in [0, 0.1) is 11.8 Å². The number of hydrogen-bond donors (Lipinski definition) is 2. The molecule has 3 nitrogen and oxygen atoms in total. The van der Waals surface area contributed by atoms with Gasteiger partial charge in [-0.25, -0.2) is 4.99 Å². The molecule has 0 heterocycles. The third kappa shape index (κ3) is 6.91. The van der Waals surface area contributed by atoms with Gasteiger partial charge >= 0.3 is 0 Å². The van der Waals surface area contributed by atoms with Gasteiger partial charge in [0, 0.05) is 6.54 Å². The van der Waals surface area contributed by atoms with Gasteiger partial charge in [-0.05, 0) is 25.2 Å². The van der Waals surface area contributed by atoms with Crippen molar-refractivity contribution in [3.05, 3.63) is 12.2 Å². The second-order valence-corrected chi connectivity index (χ2v) is 5.06. The van der Waals surface area contributed by atoms with Gasteiger partial charge in [-0.1, -0.05) is 38.3 Å². The molecule has 1 saturated carbocycles. The van der Waals surface area contributed by atoms with E-state index in [4.69, 9.17) is 5.73 Å². The highest BCUT2D eigenvalue weighted by Gasteiger charge is 2.20. The molecular weight excluding hydrogens is 325 g/mol. The number of guanidine groups is 1. The molecule has 100 valence electrons. The highest BCUT2D eigenvalue weighted by molar-refractivity contribution is 14.0. The monoisotopic (exact) mass is 351 g/mol. The molecular formula is C13H26IN3. The first-order chi connectivity index (χ1) is 7.59. The van der Waals surface area contributed by atoms with Crippen LogP contribution >= 0.6 is 24.0 Å². The molecule has 0 spiro atoms. The Bertz CT molecular complexity index is 263. The van der Waals surface area contributed by atoms with Crippen molar-refractivity contribution in [3.63, 3.8) is 0 Å². The van der Waals surface area contributed by atoms with E-state index in [0.29, 0.717) is 12.5 Å². The Kier molecular flexibility index (Phi) is 8.64. The van der Waals surface area contributed by atoms with Gasteiger partial charge in [0.2, 0.25) is 0 Å². The summed E-state index contributed by atoms with van der Waals surface area (Å²) >= 11 is 0. The first-order valence-electron chi connectivity index (χ1n) is 6.27. The zero-order chi connectivity index (χ0) is 12.0. The summed E-state index contributed by atoms with van der Waals surface area (Å²) in [5.41, 5.74) is 6.82. The van der Waals surface area contributed by atoms with Crippen LogP contribution in [0.2, 0.25) is 0 Å². The molecule has 3 N–H and O–H groups in total. The molecule has 1 aliphatic rings. The second kappa shape index (κ2) is 8.78. The lowest BCUT2D eigenvalue weighted by molar-refractivity contribution is 0.256. The maximum Gasteiger partial charge on any atom is 0.188 e. The van der Waals surface area contributed by atoms with Crippen molar-refractivity contribution in [2.45, 2.75) is 39.5 Å². The van der Waals surface area contributed by atoms with Crippen LogP contribution in [0.5, 0.6) is 0 Å². The van der Waals surface area contributed by atoms with E-state index in [2.05, 4.69) is 23.8 Å². The molecule has 2 unspecified atom stereocenters. The Labute approximate surface area is 122 Å². The third-order valence-corrected chi connectivity index (χ3v) is 3.35. The average molecular weight is 351 g/mol. The number of halogens is 1. The van der Waals surface area contributed by atoms with Gasteiger partial charge in [-0.2, -0.15) is 0 Å². The Morgan fingerprint density at radius 2 is 2.06 bits per heavy atom. The molecule has 4 heteroatoms. The van der Waals surface area contributed by atoms with Crippen LogP contribution < -0.4 is 11.1 Å². The van der Waals surface area contributed by atoms with Crippen LogP contribution in [-0.2, 0) is 0 Å². The van der Waals surface area contributed by atoms with Crippen molar-refractivity contribution < 1.29 is 0 Å². The summed E-state index contributed by atoms with van der Waals surface area (Å²) in [6.45, 7) is 9.69. The normalized spacial score (nSPS) is 24.9. The molecule has 17 heavy (non-hydrogen) atoms. The highest BCUT2D eigenvalue weighted by Crippen LogP contribution is 2.28. The van der Waals surface area contributed by atoms with E-state index < -0.39 is 0 Å². The summed E-state index contributed by atoms with van der Waals surface area (Å²) in [4.78, 5) is 4.22. The molecule has 1 fully saturated rings. The predicted octanol–water partition coefficient (Wildman–Crippen LogP) is 2.91. The fraction of sp³-hybridized carbons (Fsp3) is 0.769. The van der Waals surface area contributed by atoms with Gasteiger partial charge in [-0.3, -0.25) is 0 Å². The zero-order valence-corrected chi connectivity index (χ0v) is 13.4. The van der Waals surface area contributed by atoms with Gasteiger partial charge in [0.05, 0.1) is 6.54 Å². The summed E-state index contributed by atoms with van der Waals surface area (Å²) in [5.74, 6) is 2.13. The van der Waals surface area contributed by atoms with Crippen LogP contribution in [0.25, 0.3) is 0 Å². The Morgan fingerprint density at radius 3 is 2.65 bits per heavy atom. The minimum atomic E-state index is 0. The molecule has 0 saturated heterocycles. The molecule has 0 aliphatic heterocycles. The quantitative estimate of drug-likeness (QED) is 0.354. The summed E-state index contributed by atoms with van der Waals surface area (Å²) in [6.07, 6.45) is 5.42. The standard InChI is InChI=1S/C13H25N3.HI/c1-10(2)8-15-13(14)16-9-12-7-5-4-6-11(12)3;/h11-12H,1,4-9H2,2-3H3,(H3,14,15,16);1H. The van der Waals surface area contributed by atoms with Crippen LogP contribution in [0.15, 0.2) is 17.1 Å². The summed E-state index contributed by atoms with van der Waals surface area (Å²) in [7, 11) is 0. The molecule has 0 aromatic heterocycles. The first kappa shape index (κ1) is 16.7. The fourth-order valence-corrected chi connectivity index (χ4v) is 2.21. The smallest absolute Gasteiger partial charge is 0.188 e. The van der Waals surface area contributed by atoms with Crippen molar-refractivity contribution >= 4 is 29.9 Å². The average Bonchev–Trinajstić information content (AvgIpc) is 2.25. The van der Waals surface area contributed by atoms with Crippen LogP contribution in [-0.4, -0.2) is 19.0 Å². The van der Waals surface area contributed by atoms with Gasteiger partial charge in [0.1, 0.15) is 0 Å². The van der Waals surface area contributed by atoms with Crippen molar-refractivity contribution in [3.8, 4) is 0 Å². The van der Waals surface area contributed by atoms with Crippen molar-refractivity contribution in [2.24, 2.45) is 22.6 Å².